The number of benzene rings is 1. The molecule has 92 valence electrons. The fourth-order valence-corrected chi connectivity index (χ4v) is 1.21. The normalized spacial score (nSPS) is 10.6. The molecule has 0 aliphatic rings. The lowest BCUT2D eigenvalue weighted by molar-refractivity contribution is -0.116. The van der Waals surface area contributed by atoms with Crippen LogP contribution in [0.1, 0.15) is 5.56 Å². The first-order valence-corrected chi connectivity index (χ1v) is 5.52. The topological polar surface area (TPSA) is 58.6 Å². The number of aliphatic hydroxyl groups is 1. The van der Waals surface area contributed by atoms with Crippen LogP contribution in [0.5, 0.6) is 0 Å². The lowest BCUT2D eigenvalue weighted by Gasteiger charge is -2.02. The van der Waals surface area contributed by atoms with Gasteiger partial charge in [-0.05, 0) is 11.6 Å². The Bertz CT molecular complexity index is 349. The largest absolute Gasteiger partial charge is 0.394 e. The van der Waals surface area contributed by atoms with Crippen LogP contribution < -0.4 is 5.32 Å². The zero-order chi connectivity index (χ0) is 12.3. The molecule has 1 aromatic rings. The predicted molar refractivity (Wildman–Crippen MR) is 66.4 cm³/mol. The van der Waals surface area contributed by atoms with E-state index in [1.165, 1.54) is 6.08 Å². The number of amides is 1. The summed E-state index contributed by atoms with van der Waals surface area (Å²) >= 11 is 0. The van der Waals surface area contributed by atoms with Crippen LogP contribution >= 0.6 is 0 Å². The van der Waals surface area contributed by atoms with Gasteiger partial charge in [-0.25, -0.2) is 0 Å². The molecule has 1 aromatic carbocycles. The fraction of sp³-hybridized carbons (Fsp3) is 0.308. The van der Waals surface area contributed by atoms with Gasteiger partial charge in [0, 0.05) is 12.6 Å². The summed E-state index contributed by atoms with van der Waals surface area (Å²) in [6.45, 7) is 1.15. The molecule has 0 spiro atoms. The third kappa shape index (κ3) is 6.50. The highest BCUT2D eigenvalue weighted by molar-refractivity contribution is 5.91. The Morgan fingerprint density at radius 2 is 2.06 bits per heavy atom. The van der Waals surface area contributed by atoms with Crippen LogP contribution in [0, 0.1) is 0 Å². The molecular weight excluding hydrogens is 218 g/mol. The molecule has 1 amide bonds. The molecule has 0 saturated heterocycles. The number of hydrogen-bond acceptors (Lipinski definition) is 3. The zero-order valence-corrected chi connectivity index (χ0v) is 9.63. The minimum absolute atomic E-state index is 0.00184. The summed E-state index contributed by atoms with van der Waals surface area (Å²) in [5.74, 6) is -0.151. The summed E-state index contributed by atoms with van der Waals surface area (Å²) in [4.78, 5) is 11.3. The van der Waals surface area contributed by atoms with E-state index in [9.17, 15) is 4.79 Å². The van der Waals surface area contributed by atoms with Crippen molar-refractivity contribution >= 4 is 12.0 Å². The number of aliphatic hydroxyl groups excluding tert-OH is 1. The van der Waals surface area contributed by atoms with Crippen molar-refractivity contribution in [2.45, 2.75) is 0 Å². The minimum atomic E-state index is -0.151. The first-order chi connectivity index (χ1) is 8.33. The molecule has 0 aliphatic heterocycles. The number of nitrogens with one attached hydrogen (secondary N) is 1. The van der Waals surface area contributed by atoms with Crippen LogP contribution in [0.15, 0.2) is 36.4 Å². The van der Waals surface area contributed by atoms with Crippen molar-refractivity contribution in [2.24, 2.45) is 0 Å². The maximum atomic E-state index is 11.3. The van der Waals surface area contributed by atoms with Gasteiger partial charge >= 0.3 is 0 Å². The predicted octanol–water partition coefficient (Wildman–Crippen LogP) is 0.825. The molecule has 0 unspecified atom stereocenters. The molecule has 0 aromatic heterocycles. The maximum Gasteiger partial charge on any atom is 0.244 e. The molecule has 1 rings (SSSR count). The van der Waals surface area contributed by atoms with Crippen molar-refractivity contribution in [1.82, 2.24) is 5.32 Å². The quantitative estimate of drug-likeness (QED) is 0.543. The van der Waals surface area contributed by atoms with Gasteiger partial charge in [0.15, 0.2) is 0 Å². The monoisotopic (exact) mass is 235 g/mol. The third-order valence-corrected chi connectivity index (χ3v) is 2.01. The second kappa shape index (κ2) is 8.50. The molecule has 0 bridgehead atoms. The molecular formula is C13H17NO3. The standard InChI is InChI=1S/C13H17NO3/c15-9-11-17-10-8-14-13(16)7-6-12-4-2-1-3-5-12/h1-7,15H,8-11H2,(H,14,16)/b7-6+. The first-order valence-electron chi connectivity index (χ1n) is 5.52. The van der Waals surface area contributed by atoms with Gasteiger partial charge in [-0.3, -0.25) is 4.79 Å². The summed E-state index contributed by atoms with van der Waals surface area (Å²) in [6, 6.07) is 9.61. The average molecular weight is 235 g/mol. The molecule has 17 heavy (non-hydrogen) atoms. The lowest BCUT2D eigenvalue weighted by Crippen LogP contribution is -2.25. The Hall–Kier alpha value is -1.65. The molecule has 0 heterocycles. The van der Waals surface area contributed by atoms with E-state index in [0.717, 1.165) is 5.56 Å². The van der Waals surface area contributed by atoms with E-state index >= 15 is 0 Å². The highest BCUT2D eigenvalue weighted by Gasteiger charge is 1.94. The maximum absolute atomic E-state index is 11.3. The Morgan fingerprint density at radius 3 is 2.76 bits per heavy atom. The SMILES string of the molecule is O=C(/C=C/c1ccccc1)NCCOCCO. The summed E-state index contributed by atoms with van der Waals surface area (Å²) in [6.07, 6.45) is 3.24. The number of hydrogen-bond donors (Lipinski definition) is 2. The number of carbonyl (C=O) groups excluding carboxylic acids is 1. The van der Waals surface area contributed by atoms with Crippen molar-refractivity contribution in [2.75, 3.05) is 26.4 Å². The van der Waals surface area contributed by atoms with Crippen LogP contribution in [0.4, 0.5) is 0 Å². The second-order valence-electron chi connectivity index (χ2n) is 3.37. The van der Waals surface area contributed by atoms with Crippen molar-refractivity contribution in [3.63, 3.8) is 0 Å². The summed E-state index contributed by atoms with van der Waals surface area (Å²) in [5, 5.41) is 11.1. The summed E-state index contributed by atoms with van der Waals surface area (Å²) < 4.78 is 5.01. The fourth-order valence-electron chi connectivity index (χ4n) is 1.21. The number of rotatable bonds is 7. The van der Waals surface area contributed by atoms with Gasteiger partial charge in [0.1, 0.15) is 0 Å². The van der Waals surface area contributed by atoms with E-state index in [0.29, 0.717) is 19.8 Å². The molecule has 4 nitrogen and oxygen atoms in total. The molecule has 4 heteroatoms. The van der Waals surface area contributed by atoms with Gasteiger partial charge in [0.05, 0.1) is 19.8 Å². The molecule has 0 atom stereocenters. The van der Waals surface area contributed by atoms with E-state index < -0.39 is 0 Å². The molecule has 0 fully saturated rings. The zero-order valence-electron chi connectivity index (χ0n) is 9.63. The van der Waals surface area contributed by atoms with Crippen molar-refractivity contribution in [3.8, 4) is 0 Å². The van der Waals surface area contributed by atoms with Gasteiger partial charge in [-0.15, -0.1) is 0 Å². The van der Waals surface area contributed by atoms with E-state index in [2.05, 4.69) is 5.32 Å². The molecule has 0 radical (unpaired) electrons. The highest BCUT2D eigenvalue weighted by Crippen LogP contribution is 2.00. The molecule has 0 aliphatic carbocycles. The Labute approximate surface area is 101 Å². The summed E-state index contributed by atoms with van der Waals surface area (Å²) in [7, 11) is 0. The lowest BCUT2D eigenvalue weighted by atomic mass is 10.2. The molecule has 2 N–H and O–H groups in total. The summed E-state index contributed by atoms with van der Waals surface area (Å²) in [5.41, 5.74) is 0.985. The van der Waals surface area contributed by atoms with Crippen molar-refractivity contribution in [1.29, 1.82) is 0 Å². The highest BCUT2D eigenvalue weighted by atomic mass is 16.5. The number of carbonyl (C=O) groups is 1. The van der Waals surface area contributed by atoms with Crippen LogP contribution in [-0.4, -0.2) is 37.4 Å². The van der Waals surface area contributed by atoms with E-state index in [1.807, 2.05) is 30.3 Å². The minimum Gasteiger partial charge on any atom is -0.394 e. The Balaban J connectivity index is 2.19. The molecule has 0 saturated carbocycles. The van der Waals surface area contributed by atoms with Gasteiger partial charge in [0.2, 0.25) is 5.91 Å². The van der Waals surface area contributed by atoms with Crippen molar-refractivity contribution < 1.29 is 14.6 Å². The van der Waals surface area contributed by atoms with Crippen LogP contribution in [0.2, 0.25) is 0 Å². The van der Waals surface area contributed by atoms with Crippen LogP contribution in [0.25, 0.3) is 6.08 Å². The van der Waals surface area contributed by atoms with E-state index in [-0.39, 0.29) is 12.5 Å². The van der Waals surface area contributed by atoms with Crippen LogP contribution in [-0.2, 0) is 9.53 Å². The number of ether oxygens (including phenoxy) is 1. The van der Waals surface area contributed by atoms with Gasteiger partial charge in [0.25, 0.3) is 0 Å². The van der Waals surface area contributed by atoms with E-state index in [4.69, 9.17) is 9.84 Å². The van der Waals surface area contributed by atoms with Gasteiger partial charge in [-0.1, -0.05) is 30.3 Å². The van der Waals surface area contributed by atoms with Crippen LogP contribution in [0.3, 0.4) is 0 Å². The van der Waals surface area contributed by atoms with Gasteiger partial charge < -0.3 is 15.2 Å². The smallest absolute Gasteiger partial charge is 0.244 e. The third-order valence-electron chi connectivity index (χ3n) is 2.01. The first kappa shape index (κ1) is 13.4. The Kier molecular flexibility index (Phi) is 6.70. The van der Waals surface area contributed by atoms with Crippen molar-refractivity contribution in [3.05, 3.63) is 42.0 Å². The Morgan fingerprint density at radius 1 is 1.29 bits per heavy atom. The van der Waals surface area contributed by atoms with E-state index in [1.54, 1.807) is 6.08 Å². The average Bonchev–Trinajstić information content (AvgIpc) is 2.37. The van der Waals surface area contributed by atoms with Gasteiger partial charge in [-0.2, -0.15) is 0 Å². The second-order valence-corrected chi connectivity index (χ2v) is 3.37.